The molecule has 2 heterocycles. The molecule has 0 bridgehead atoms. The second-order valence-electron chi connectivity index (χ2n) is 6.74. The molecule has 4 rings (SSSR count). The number of phenols is 2. The average Bonchev–Trinajstić information content (AvgIpc) is 2.89. The molecule has 0 unspecified atom stereocenters. The van der Waals surface area contributed by atoms with E-state index in [2.05, 4.69) is 27.4 Å². The first-order valence-electron chi connectivity index (χ1n) is 9.57. The highest BCUT2D eigenvalue weighted by molar-refractivity contribution is 7.99. The smallest absolute Gasteiger partial charge is 0.247 e. The highest BCUT2D eigenvalue weighted by Gasteiger charge is 2.26. The molecule has 1 aromatic heterocycles. The fraction of sp³-hybridized carbons (Fsp3) is 0.286. The molecule has 1 aliphatic heterocycles. The number of nitrogens with one attached hydrogen (secondary N) is 1. The first kappa shape index (κ1) is 19.3. The zero-order valence-corrected chi connectivity index (χ0v) is 16.8. The standard InChI is InChI=1S/C21H22N4O3S/c1-2-3-6-11-29-21-23-20-18(24-25-21)14-7-4-5-8-15(14)22-19(28-20)13-9-10-16(26)17(27)12-13/h4-5,7-10,12,19,22,26-27H,2-3,6,11H2,1H3/t19-/m0/s1. The number of ether oxygens (including phenoxy) is 1. The number of para-hydroxylation sites is 1. The van der Waals surface area contributed by atoms with Gasteiger partial charge in [0.15, 0.2) is 23.4 Å². The van der Waals surface area contributed by atoms with Crippen LogP contribution in [0.1, 0.15) is 38.0 Å². The van der Waals surface area contributed by atoms with Crippen molar-refractivity contribution in [2.75, 3.05) is 11.1 Å². The maximum Gasteiger partial charge on any atom is 0.247 e. The second kappa shape index (κ2) is 8.57. The lowest BCUT2D eigenvalue weighted by Gasteiger charge is -2.19. The van der Waals surface area contributed by atoms with Crippen molar-refractivity contribution < 1.29 is 14.9 Å². The fourth-order valence-electron chi connectivity index (χ4n) is 3.08. The summed E-state index contributed by atoms with van der Waals surface area (Å²) >= 11 is 1.56. The highest BCUT2D eigenvalue weighted by Crippen LogP contribution is 2.40. The molecule has 8 heteroatoms. The van der Waals surface area contributed by atoms with Gasteiger partial charge >= 0.3 is 0 Å². The molecule has 0 amide bonds. The van der Waals surface area contributed by atoms with Crippen molar-refractivity contribution in [3.8, 4) is 28.6 Å². The Kier molecular flexibility index (Phi) is 5.71. The zero-order chi connectivity index (χ0) is 20.2. The van der Waals surface area contributed by atoms with E-state index in [0.717, 1.165) is 29.8 Å². The molecule has 0 saturated heterocycles. The molecule has 150 valence electrons. The molecule has 0 fully saturated rings. The lowest BCUT2D eigenvalue weighted by molar-refractivity contribution is 0.224. The Morgan fingerprint density at radius 1 is 1.07 bits per heavy atom. The maximum atomic E-state index is 9.90. The normalized spacial score (nSPS) is 14.9. The van der Waals surface area contributed by atoms with E-state index in [1.165, 1.54) is 18.6 Å². The van der Waals surface area contributed by atoms with E-state index in [-0.39, 0.29) is 11.5 Å². The number of benzene rings is 2. The summed E-state index contributed by atoms with van der Waals surface area (Å²) in [5, 5.41) is 32.1. The molecular weight excluding hydrogens is 388 g/mol. The summed E-state index contributed by atoms with van der Waals surface area (Å²) in [6.45, 7) is 2.17. The van der Waals surface area contributed by atoms with Crippen molar-refractivity contribution in [2.45, 2.75) is 37.6 Å². The van der Waals surface area contributed by atoms with E-state index in [0.29, 0.717) is 22.3 Å². The molecule has 0 spiro atoms. The van der Waals surface area contributed by atoms with Crippen LogP contribution in [0.15, 0.2) is 47.6 Å². The van der Waals surface area contributed by atoms with Gasteiger partial charge < -0.3 is 20.3 Å². The average molecular weight is 410 g/mol. The van der Waals surface area contributed by atoms with E-state index in [1.807, 2.05) is 24.3 Å². The molecule has 1 aliphatic rings. The molecule has 0 radical (unpaired) electrons. The Bertz CT molecular complexity index is 1010. The first-order chi connectivity index (χ1) is 14.2. The molecule has 1 atom stereocenters. The SMILES string of the molecule is CCCCCSc1nnc2c(n1)O[C@@H](c1ccc(O)c(O)c1)Nc1ccccc1-2. The summed E-state index contributed by atoms with van der Waals surface area (Å²) in [6, 6.07) is 12.3. The Morgan fingerprint density at radius 3 is 2.76 bits per heavy atom. The van der Waals surface area contributed by atoms with Gasteiger partial charge in [-0.15, -0.1) is 10.2 Å². The van der Waals surface area contributed by atoms with Gasteiger partial charge in [-0.1, -0.05) is 49.7 Å². The van der Waals surface area contributed by atoms with E-state index >= 15 is 0 Å². The third-order valence-electron chi connectivity index (χ3n) is 4.61. The zero-order valence-electron chi connectivity index (χ0n) is 16.0. The summed E-state index contributed by atoms with van der Waals surface area (Å²) in [5.74, 6) is 0.919. The Morgan fingerprint density at radius 2 is 1.93 bits per heavy atom. The number of fused-ring (bicyclic) bond motifs is 3. The number of thioether (sulfide) groups is 1. The molecule has 0 saturated carbocycles. The van der Waals surface area contributed by atoms with Crippen LogP contribution in [0.4, 0.5) is 5.69 Å². The molecular formula is C21H22N4O3S. The minimum Gasteiger partial charge on any atom is -0.504 e. The predicted molar refractivity (Wildman–Crippen MR) is 112 cm³/mol. The summed E-state index contributed by atoms with van der Waals surface area (Å²) in [7, 11) is 0. The number of hydrogen-bond donors (Lipinski definition) is 3. The van der Waals surface area contributed by atoms with E-state index in [9.17, 15) is 10.2 Å². The summed E-state index contributed by atoms with van der Waals surface area (Å²) < 4.78 is 6.16. The Labute approximate surface area is 173 Å². The lowest BCUT2D eigenvalue weighted by Crippen LogP contribution is -2.17. The number of anilines is 1. The summed E-state index contributed by atoms with van der Waals surface area (Å²) in [4.78, 5) is 4.60. The van der Waals surface area contributed by atoms with Crippen LogP contribution >= 0.6 is 11.8 Å². The van der Waals surface area contributed by atoms with Gasteiger partial charge in [-0.25, -0.2) is 0 Å². The monoisotopic (exact) mass is 410 g/mol. The Hall–Kier alpha value is -3.00. The van der Waals surface area contributed by atoms with Crippen LogP contribution in [0.25, 0.3) is 11.3 Å². The highest BCUT2D eigenvalue weighted by atomic mass is 32.2. The van der Waals surface area contributed by atoms with Gasteiger partial charge in [-0.2, -0.15) is 4.98 Å². The van der Waals surface area contributed by atoms with Crippen LogP contribution in [0.2, 0.25) is 0 Å². The van der Waals surface area contributed by atoms with Gasteiger partial charge in [0.25, 0.3) is 0 Å². The Balaban J connectivity index is 1.69. The number of aromatic hydroxyl groups is 2. The fourth-order valence-corrected chi connectivity index (χ4v) is 3.86. The number of aromatic nitrogens is 3. The van der Waals surface area contributed by atoms with Gasteiger partial charge in [0.05, 0.1) is 0 Å². The minimum atomic E-state index is -0.612. The van der Waals surface area contributed by atoms with Crippen molar-refractivity contribution in [3.05, 3.63) is 48.0 Å². The van der Waals surface area contributed by atoms with Gasteiger partial charge in [0.1, 0.15) is 0 Å². The van der Waals surface area contributed by atoms with Crippen LogP contribution in [0.3, 0.4) is 0 Å². The van der Waals surface area contributed by atoms with Crippen LogP contribution in [0.5, 0.6) is 17.4 Å². The van der Waals surface area contributed by atoms with Crippen LogP contribution < -0.4 is 10.1 Å². The summed E-state index contributed by atoms with van der Waals surface area (Å²) in [5.41, 5.74) is 2.88. The number of phenolic OH excluding ortho intramolecular Hbond substituents is 2. The molecule has 3 aromatic rings. The lowest BCUT2D eigenvalue weighted by atomic mass is 10.1. The largest absolute Gasteiger partial charge is 0.504 e. The number of nitrogens with zero attached hydrogens (tertiary/aromatic N) is 3. The van der Waals surface area contributed by atoms with Crippen molar-refractivity contribution in [1.82, 2.24) is 15.2 Å². The van der Waals surface area contributed by atoms with Gasteiger partial charge in [0, 0.05) is 22.6 Å². The van der Waals surface area contributed by atoms with Crippen molar-refractivity contribution >= 4 is 17.4 Å². The van der Waals surface area contributed by atoms with Crippen molar-refractivity contribution in [2.24, 2.45) is 0 Å². The van der Waals surface area contributed by atoms with Gasteiger partial charge in [-0.3, -0.25) is 0 Å². The van der Waals surface area contributed by atoms with E-state index in [4.69, 9.17) is 4.74 Å². The van der Waals surface area contributed by atoms with E-state index < -0.39 is 6.23 Å². The third-order valence-corrected chi connectivity index (χ3v) is 5.54. The van der Waals surface area contributed by atoms with Gasteiger partial charge in [-0.05, 0) is 30.7 Å². The van der Waals surface area contributed by atoms with Crippen molar-refractivity contribution in [3.63, 3.8) is 0 Å². The predicted octanol–water partition coefficient (Wildman–Crippen LogP) is 4.74. The van der Waals surface area contributed by atoms with Crippen LogP contribution in [0, 0.1) is 0 Å². The molecule has 0 aliphatic carbocycles. The molecule has 7 nitrogen and oxygen atoms in total. The van der Waals surface area contributed by atoms with E-state index in [1.54, 1.807) is 17.8 Å². The number of unbranched alkanes of at least 4 members (excludes halogenated alkanes) is 2. The second-order valence-corrected chi connectivity index (χ2v) is 7.80. The molecule has 2 aromatic carbocycles. The number of rotatable bonds is 6. The minimum absolute atomic E-state index is 0.182. The third kappa shape index (κ3) is 4.22. The van der Waals surface area contributed by atoms with Gasteiger partial charge in [0.2, 0.25) is 11.0 Å². The maximum absolute atomic E-state index is 9.90. The molecule has 29 heavy (non-hydrogen) atoms. The number of hydrogen-bond acceptors (Lipinski definition) is 8. The topological polar surface area (TPSA) is 100 Å². The summed E-state index contributed by atoms with van der Waals surface area (Å²) in [6.07, 6.45) is 2.82. The van der Waals surface area contributed by atoms with Crippen molar-refractivity contribution in [1.29, 1.82) is 0 Å². The quantitative estimate of drug-likeness (QED) is 0.304. The van der Waals surface area contributed by atoms with Crippen LogP contribution in [-0.4, -0.2) is 31.1 Å². The molecule has 3 N–H and O–H groups in total. The first-order valence-corrected chi connectivity index (χ1v) is 10.6. The van der Waals surface area contributed by atoms with Crippen LogP contribution in [-0.2, 0) is 0 Å².